The number of hydrogen-bond acceptors (Lipinski definition) is 11. The maximum Gasteiger partial charge on any atom is 0.351 e. The van der Waals surface area contributed by atoms with Crippen LogP contribution in [0.4, 0.5) is 0 Å². The molecule has 4 fully saturated rings. The summed E-state index contributed by atoms with van der Waals surface area (Å²) in [5.41, 5.74) is -7.52. The Balaban J connectivity index is 1.40. The first-order chi connectivity index (χ1) is 22.1. The molecule has 4 heterocycles. The molecule has 1 aromatic carbocycles. The molecular weight excluding hydrogens is 688 g/mol. The minimum atomic E-state index is -1.60. The average Bonchev–Trinajstić information content (AvgIpc) is 3.45. The summed E-state index contributed by atoms with van der Waals surface area (Å²) >= 11 is 3.47. The van der Waals surface area contributed by atoms with E-state index in [9.17, 15) is 24.0 Å². The standard InChI is InChI=1S/C36H41BrO11/c1-17-14-19(38)21-18(16-37)15-20-22(23(21)43-17)24(44-28(41)35-12-10-33(8,26(39)47-35)31(35,4)5)25(30(2,3)46-20)45-29(42)36-13-11-34(9,27(40)48-36)32(36,6)7/h14-15,24-25H,10-13,16H2,1-9H3/t24-,25-,33+,34+,35-,36-/m1/s1. The monoisotopic (exact) mass is 728 g/mol. The highest BCUT2D eigenvalue weighted by atomic mass is 79.9. The fourth-order valence-electron chi connectivity index (χ4n) is 8.99. The van der Waals surface area contributed by atoms with Gasteiger partial charge in [0.1, 0.15) is 22.7 Å². The van der Waals surface area contributed by atoms with Crippen molar-refractivity contribution >= 4 is 50.8 Å². The predicted octanol–water partition coefficient (Wildman–Crippen LogP) is 5.91. The molecule has 1 aromatic heterocycles. The Hall–Kier alpha value is -3.41. The number of carbonyl (C=O) groups is 4. The van der Waals surface area contributed by atoms with E-state index in [4.69, 9.17) is 28.1 Å². The molecule has 0 spiro atoms. The molecule has 4 bridgehead atoms. The van der Waals surface area contributed by atoms with E-state index in [1.807, 2.05) is 27.7 Å². The Morgan fingerprint density at radius 1 is 0.792 bits per heavy atom. The van der Waals surface area contributed by atoms with Crippen molar-refractivity contribution in [3.05, 3.63) is 39.2 Å². The van der Waals surface area contributed by atoms with Crippen LogP contribution in [0.2, 0.25) is 0 Å². The van der Waals surface area contributed by atoms with Gasteiger partial charge in [0.05, 0.1) is 21.8 Å². The maximum absolute atomic E-state index is 14.6. The second-order valence-corrected chi connectivity index (χ2v) is 16.8. The quantitative estimate of drug-likeness (QED) is 0.206. The van der Waals surface area contributed by atoms with E-state index in [1.54, 1.807) is 40.7 Å². The van der Waals surface area contributed by atoms with Crippen molar-refractivity contribution in [3.8, 4) is 5.75 Å². The molecule has 0 unspecified atom stereocenters. The van der Waals surface area contributed by atoms with E-state index < -0.39 is 74.5 Å². The smallest absolute Gasteiger partial charge is 0.351 e. The first kappa shape index (κ1) is 33.1. The molecule has 48 heavy (non-hydrogen) atoms. The van der Waals surface area contributed by atoms with Crippen LogP contribution in [0.3, 0.4) is 0 Å². The van der Waals surface area contributed by atoms with Crippen LogP contribution in [-0.4, -0.2) is 46.8 Å². The van der Waals surface area contributed by atoms with Crippen molar-refractivity contribution in [1.82, 2.24) is 0 Å². The molecule has 2 aromatic rings. The average molecular weight is 730 g/mol. The molecular formula is C36H41BrO11. The SMILES string of the molecule is Cc1cc(=O)c2c(CBr)cc3c(c2o1)[C@@H](OC(=O)[C@@]12CC[C@@](C)(C(=O)O1)C2(C)C)[C@@H](OC(=O)[C@@]12CC[C@@](C)(C(=O)O1)C2(C)C)C(C)(C)O3. The summed E-state index contributed by atoms with van der Waals surface area (Å²) in [6.07, 6.45) is -1.33. The normalized spacial score (nSPS) is 36.3. The maximum atomic E-state index is 14.6. The van der Waals surface area contributed by atoms with E-state index in [0.29, 0.717) is 29.5 Å². The molecule has 6 atom stereocenters. The zero-order valence-electron chi connectivity index (χ0n) is 28.7. The Bertz CT molecular complexity index is 1910. The van der Waals surface area contributed by atoms with Crippen molar-refractivity contribution < 1.29 is 47.3 Å². The minimum absolute atomic E-state index is 0.122. The fourth-order valence-corrected chi connectivity index (χ4v) is 9.43. The van der Waals surface area contributed by atoms with Crippen LogP contribution in [-0.2, 0) is 43.5 Å². The Morgan fingerprint density at radius 2 is 1.31 bits per heavy atom. The van der Waals surface area contributed by atoms with Crippen molar-refractivity contribution in [2.24, 2.45) is 21.7 Å². The van der Waals surface area contributed by atoms with Gasteiger partial charge in [0.25, 0.3) is 0 Å². The van der Waals surface area contributed by atoms with Crippen LogP contribution in [0.25, 0.3) is 11.0 Å². The van der Waals surface area contributed by atoms with Crippen LogP contribution in [0.15, 0.2) is 21.3 Å². The zero-order chi connectivity index (χ0) is 35.2. The summed E-state index contributed by atoms with van der Waals surface area (Å²) in [5, 5.41) is 0.547. The molecule has 2 aliphatic carbocycles. The van der Waals surface area contributed by atoms with Gasteiger partial charge in [0.2, 0.25) is 11.2 Å². The van der Waals surface area contributed by atoms with Crippen molar-refractivity contribution in [2.45, 2.75) is 122 Å². The fraction of sp³-hybridized carbons (Fsp3) is 0.639. The summed E-state index contributed by atoms with van der Waals surface area (Å²) in [5.74, 6) is -1.95. The zero-order valence-corrected chi connectivity index (χ0v) is 30.3. The first-order valence-electron chi connectivity index (χ1n) is 16.4. The molecule has 3 aliphatic heterocycles. The highest BCUT2D eigenvalue weighted by Gasteiger charge is 2.78. The molecule has 258 valence electrons. The van der Waals surface area contributed by atoms with Gasteiger partial charge >= 0.3 is 23.9 Å². The number of hydrogen-bond donors (Lipinski definition) is 0. The van der Waals surface area contributed by atoms with Gasteiger partial charge in [-0.3, -0.25) is 14.4 Å². The number of esters is 4. The molecule has 0 radical (unpaired) electrons. The molecule has 11 nitrogen and oxygen atoms in total. The molecule has 0 N–H and O–H groups in total. The van der Waals surface area contributed by atoms with Gasteiger partial charge in [-0.15, -0.1) is 0 Å². The largest absolute Gasteiger partial charge is 0.483 e. The van der Waals surface area contributed by atoms with Crippen LogP contribution in [0, 0.1) is 28.6 Å². The predicted molar refractivity (Wildman–Crippen MR) is 173 cm³/mol. The van der Waals surface area contributed by atoms with Crippen LogP contribution in [0.5, 0.6) is 5.75 Å². The van der Waals surface area contributed by atoms with Crippen LogP contribution in [0.1, 0.15) is 104 Å². The number of halogens is 1. The number of alkyl halides is 1. The lowest BCUT2D eigenvalue weighted by Crippen LogP contribution is -2.57. The van der Waals surface area contributed by atoms with Gasteiger partial charge in [-0.1, -0.05) is 43.6 Å². The number of rotatable bonds is 5. The van der Waals surface area contributed by atoms with Crippen molar-refractivity contribution in [1.29, 1.82) is 0 Å². The third kappa shape index (κ3) is 3.67. The van der Waals surface area contributed by atoms with Gasteiger partial charge in [-0.05, 0) is 71.9 Å². The lowest BCUT2D eigenvalue weighted by Gasteiger charge is -2.46. The summed E-state index contributed by atoms with van der Waals surface area (Å²) in [6.45, 7) is 15.9. The van der Waals surface area contributed by atoms with Gasteiger partial charge in [0.15, 0.2) is 17.6 Å². The van der Waals surface area contributed by atoms with Gasteiger partial charge < -0.3 is 28.1 Å². The van der Waals surface area contributed by atoms with Crippen molar-refractivity contribution in [2.75, 3.05) is 0 Å². The lowest BCUT2D eigenvalue weighted by atomic mass is 9.66. The summed E-state index contributed by atoms with van der Waals surface area (Å²) in [6, 6.07) is 3.06. The van der Waals surface area contributed by atoms with E-state index in [2.05, 4.69) is 15.9 Å². The van der Waals surface area contributed by atoms with E-state index >= 15 is 0 Å². The van der Waals surface area contributed by atoms with E-state index in [-0.39, 0.29) is 40.6 Å². The summed E-state index contributed by atoms with van der Waals surface area (Å²) in [7, 11) is 0. The van der Waals surface area contributed by atoms with Crippen LogP contribution < -0.4 is 10.2 Å². The molecule has 2 saturated heterocycles. The van der Waals surface area contributed by atoms with E-state index in [0.717, 1.165) is 0 Å². The molecule has 12 heteroatoms. The summed E-state index contributed by atoms with van der Waals surface area (Å²) < 4.78 is 37.2. The third-order valence-electron chi connectivity index (χ3n) is 13.3. The second kappa shape index (κ2) is 9.63. The van der Waals surface area contributed by atoms with Crippen LogP contribution >= 0.6 is 15.9 Å². The number of ether oxygens (including phenoxy) is 5. The molecule has 7 rings (SSSR count). The number of benzene rings is 1. The summed E-state index contributed by atoms with van der Waals surface area (Å²) in [4.78, 5) is 68.6. The van der Waals surface area contributed by atoms with Gasteiger partial charge in [-0.2, -0.15) is 0 Å². The lowest BCUT2D eigenvalue weighted by molar-refractivity contribution is -0.217. The third-order valence-corrected chi connectivity index (χ3v) is 13.9. The Kier molecular flexibility index (Phi) is 6.64. The number of fused-ring (bicyclic) bond motifs is 7. The molecule has 5 aliphatic rings. The minimum Gasteiger partial charge on any atom is -0.483 e. The highest BCUT2D eigenvalue weighted by Crippen LogP contribution is 2.67. The Morgan fingerprint density at radius 3 is 1.77 bits per heavy atom. The number of carbonyl (C=O) groups excluding carboxylic acids is 4. The Labute approximate surface area is 286 Å². The van der Waals surface area contributed by atoms with Gasteiger partial charge in [-0.25, -0.2) is 9.59 Å². The number of aryl methyl sites for hydroxylation is 1. The van der Waals surface area contributed by atoms with E-state index in [1.165, 1.54) is 6.07 Å². The highest BCUT2D eigenvalue weighted by molar-refractivity contribution is 9.08. The van der Waals surface area contributed by atoms with Gasteiger partial charge in [0, 0.05) is 22.2 Å². The van der Waals surface area contributed by atoms with Crippen molar-refractivity contribution in [3.63, 3.8) is 0 Å². The molecule has 0 amide bonds. The molecule has 2 saturated carbocycles. The second-order valence-electron chi connectivity index (χ2n) is 16.2. The topological polar surface area (TPSA) is 145 Å². The first-order valence-corrected chi connectivity index (χ1v) is 17.5.